The van der Waals surface area contributed by atoms with Crippen molar-refractivity contribution in [1.82, 2.24) is 15.5 Å². The molecule has 0 radical (unpaired) electrons. The average molecular weight is 198 g/mol. The van der Waals surface area contributed by atoms with Crippen LogP contribution in [0.15, 0.2) is 4.52 Å². The highest BCUT2D eigenvalue weighted by molar-refractivity contribution is 5.89. The van der Waals surface area contributed by atoms with E-state index in [-0.39, 0.29) is 11.7 Å². The van der Waals surface area contributed by atoms with E-state index in [4.69, 9.17) is 10.3 Å². The topological polar surface area (TPSA) is 94.0 Å². The third-order valence-corrected chi connectivity index (χ3v) is 1.74. The second-order valence-corrected chi connectivity index (χ2v) is 2.84. The molecule has 6 nitrogen and oxygen atoms in total. The molecule has 1 aromatic rings. The lowest BCUT2D eigenvalue weighted by Gasteiger charge is -1.91. The number of carbonyl (C=O) groups is 1. The number of hydrogen-bond donors (Lipinski definition) is 2. The first kappa shape index (κ1) is 10.6. The number of aryl methyl sites for hydroxylation is 1. The lowest BCUT2D eigenvalue weighted by atomic mass is 10.2. The summed E-state index contributed by atoms with van der Waals surface area (Å²) in [6.07, 6.45) is 2.48. The molecule has 0 saturated carbocycles. The molecule has 1 amide bonds. The molecule has 1 aromatic heterocycles. The van der Waals surface area contributed by atoms with Crippen molar-refractivity contribution >= 4 is 5.91 Å². The molecular formula is C8H14N4O2. The molecule has 1 rings (SSSR count). The molecule has 1 heterocycles. The normalized spacial score (nSPS) is 10.1. The number of unbranched alkanes of at least 4 members (excludes halogenated alkanes) is 1. The number of carbonyl (C=O) groups excluding carboxylic acids is 1. The standard InChI is InChI=1S/C8H14N4O2/c1-10-8(13)7-11-6(14-12-7)4-2-3-5-9/h2-5,9H2,1H3,(H,10,13). The first-order valence-electron chi connectivity index (χ1n) is 4.52. The maximum atomic E-state index is 11.0. The van der Waals surface area contributed by atoms with Crippen LogP contribution in [0.2, 0.25) is 0 Å². The fourth-order valence-corrected chi connectivity index (χ4v) is 0.981. The molecule has 0 bridgehead atoms. The van der Waals surface area contributed by atoms with Gasteiger partial charge >= 0.3 is 0 Å². The summed E-state index contributed by atoms with van der Waals surface area (Å²) in [6, 6.07) is 0. The van der Waals surface area contributed by atoms with E-state index >= 15 is 0 Å². The Morgan fingerprint density at radius 1 is 1.57 bits per heavy atom. The molecule has 0 aliphatic rings. The van der Waals surface area contributed by atoms with Gasteiger partial charge in [-0.15, -0.1) is 0 Å². The van der Waals surface area contributed by atoms with E-state index < -0.39 is 0 Å². The van der Waals surface area contributed by atoms with E-state index in [1.807, 2.05) is 0 Å². The van der Waals surface area contributed by atoms with Gasteiger partial charge in [0.05, 0.1) is 0 Å². The zero-order valence-electron chi connectivity index (χ0n) is 8.12. The summed E-state index contributed by atoms with van der Waals surface area (Å²) in [4.78, 5) is 15.0. The Kier molecular flexibility index (Phi) is 4.06. The number of nitrogens with zero attached hydrogens (tertiary/aromatic N) is 2. The predicted octanol–water partition coefficient (Wildman–Crippen LogP) is -0.289. The lowest BCUT2D eigenvalue weighted by molar-refractivity contribution is 0.0950. The van der Waals surface area contributed by atoms with Gasteiger partial charge in [-0.25, -0.2) is 0 Å². The summed E-state index contributed by atoms with van der Waals surface area (Å²) in [5.74, 6) is 0.228. The molecule has 0 atom stereocenters. The van der Waals surface area contributed by atoms with Crippen LogP contribution < -0.4 is 11.1 Å². The van der Waals surface area contributed by atoms with Gasteiger partial charge in [0.25, 0.3) is 11.7 Å². The molecule has 0 spiro atoms. The Balaban J connectivity index is 2.46. The SMILES string of the molecule is CNC(=O)c1noc(CCCCN)n1. The fourth-order valence-electron chi connectivity index (χ4n) is 0.981. The summed E-state index contributed by atoms with van der Waals surface area (Å²) in [7, 11) is 1.52. The quantitative estimate of drug-likeness (QED) is 0.634. The number of nitrogens with one attached hydrogen (secondary N) is 1. The van der Waals surface area contributed by atoms with Crippen molar-refractivity contribution in [3.8, 4) is 0 Å². The minimum Gasteiger partial charge on any atom is -0.352 e. The second-order valence-electron chi connectivity index (χ2n) is 2.84. The molecule has 0 aliphatic carbocycles. The molecular weight excluding hydrogens is 184 g/mol. The Hall–Kier alpha value is -1.43. The molecule has 0 unspecified atom stereocenters. The largest absolute Gasteiger partial charge is 0.352 e. The van der Waals surface area contributed by atoms with Crippen LogP contribution in [0.4, 0.5) is 0 Å². The second kappa shape index (κ2) is 5.33. The van der Waals surface area contributed by atoms with Gasteiger partial charge in [0.2, 0.25) is 5.89 Å². The van der Waals surface area contributed by atoms with Crippen molar-refractivity contribution in [2.45, 2.75) is 19.3 Å². The van der Waals surface area contributed by atoms with Crippen molar-refractivity contribution in [3.63, 3.8) is 0 Å². The van der Waals surface area contributed by atoms with Gasteiger partial charge in [0, 0.05) is 13.5 Å². The fraction of sp³-hybridized carbons (Fsp3) is 0.625. The van der Waals surface area contributed by atoms with Gasteiger partial charge in [0.1, 0.15) is 0 Å². The van der Waals surface area contributed by atoms with Crippen LogP contribution in [-0.4, -0.2) is 29.6 Å². The highest BCUT2D eigenvalue weighted by atomic mass is 16.5. The third-order valence-electron chi connectivity index (χ3n) is 1.74. The van der Waals surface area contributed by atoms with Crippen LogP contribution in [-0.2, 0) is 6.42 Å². The van der Waals surface area contributed by atoms with Crippen LogP contribution in [0.3, 0.4) is 0 Å². The minimum absolute atomic E-state index is 0.0789. The molecule has 3 N–H and O–H groups in total. The highest BCUT2D eigenvalue weighted by Gasteiger charge is 2.11. The van der Waals surface area contributed by atoms with Gasteiger partial charge in [-0.1, -0.05) is 5.16 Å². The zero-order valence-corrected chi connectivity index (χ0v) is 8.12. The number of hydrogen-bond acceptors (Lipinski definition) is 5. The van der Waals surface area contributed by atoms with Crippen molar-refractivity contribution in [2.75, 3.05) is 13.6 Å². The first-order valence-corrected chi connectivity index (χ1v) is 4.52. The minimum atomic E-state index is -0.334. The Labute approximate surface area is 81.9 Å². The van der Waals surface area contributed by atoms with Crippen LogP contribution in [0.5, 0.6) is 0 Å². The van der Waals surface area contributed by atoms with Gasteiger partial charge in [0.15, 0.2) is 0 Å². The number of rotatable bonds is 5. The van der Waals surface area contributed by atoms with Crippen LogP contribution >= 0.6 is 0 Å². The molecule has 0 fully saturated rings. The van der Waals surface area contributed by atoms with E-state index in [0.717, 1.165) is 12.8 Å². The van der Waals surface area contributed by atoms with Crippen molar-refractivity contribution in [3.05, 3.63) is 11.7 Å². The van der Waals surface area contributed by atoms with Crippen LogP contribution in [0, 0.1) is 0 Å². The van der Waals surface area contributed by atoms with Gasteiger partial charge in [-0.3, -0.25) is 4.79 Å². The Bertz CT molecular complexity index is 297. The third kappa shape index (κ3) is 2.81. The first-order chi connectivity index (χ1) is 6.77. The molecule has 14 heavy (non-hydrogen) atoms. The van der Waals surface area contributed by atoms with Gasteiger partial charge < -0.3 is 15.6 Å². The van der Waals surface area contributed by atoms with Crippen molar-refractivity contribution in [2.24, 2.45) is 5.73 Å². The summed E-state index contributed by atoms with van der Waals surface area (Å²) in [5.41, 5.74) is 5.34. The van der Waals surface area contributed by atoms with Crippen LogP contribution in [0.25, 0.3) is 0 Å². The highest BCUT2D eigenvalue weighted by Crippen LogP contribution is 2.02. The van der Waals surface area contributed by atoms with Gasteiger partial charge in [-0.05, 0) is 19.4 Å². The zero-order chi connectivity index (χ0) is 10.4. The number of aromatic nitrogens is 2. The predicted molar refractivity (Wildman–Crippen MR) is 49.7 cm³/mol. The van der Waals surface area contributed by atoms with Crippen molar-refractivity contribution < 1.29 is 9.32 Å². The Morgan fingerprint density at radius 3 is 3.00 bits per heavy atom. The number of nitrogens with two attached hydrogens (primary N) is 1. The molecule has 0 aromatic carbocycles. The number of amides is 1. The molecule has 0 aliphatic heterocycles. The molecule has 6 heteroatoms. The Morgan fingerprint density at radius 2 is 2.36 bits per heavy atom. The summed E-state index contributed by atoms with van der Waals surface area (Å²) >= 11 is 0. The summed E-state index contributed by atoms with van der Waals surface area (Å²) in [6.45, 7) is 0.649. The molecule has 78 valence electrons. The maximum absolute atomic E-state index is 11.0. The lowest BCUT2D eigenvalue weighted by Crippen LogP contribution is -2.19. The van der Waals surface area contributed by atoms with E-state index in [9.17, 15) is 4.79 Å². The van der Waals surface area contributed by atoms with E-state index in [2.05, 4.69) is 15.5 Å². The molecule has 0 saturated heterocycles. The van der Waals surface area contributed by atoms with Gasteiger partial charge in [-0.2, -0.15) is 4.98 Å². The van der Waals surface area contributed by atoms with Crippen molar-refractivity contribution in [1.29, 1.82) is 0 Å². The van der Waals surface area contributed by atoms with E-state index in [1.165, 1.54) is 7.05 Å². The summed E-state index contributed by atoms with van der Waals surface area (Å²) in [5, 5.41) is 5.95. The van der Waals surface area contributed by atoms with Crippen LogP contribution in [0.1, 0.15) is 29.4 Å². The monoisotopic (exact) mass is 198 g/mol. The summed E-state index contributed by atoms with van der Waals surface area (Å²) < 4.78 is 4.87. The van der Waals surface area contributed by atoms with E-state index in [1.54, 1.807) is 0 Å². The van der Waals surface area contributed by atoms with E-state index in [0.29, 0.717) is 18.9 Å². The smallest absolute Gasteiger partial charge is 0.292 e. The maximum Gasteiger partial charge on any atom is 0.292 e. The average Bonchev–Trinajstić information content (AvgIpc) is 2.66.